The van der Waals surface area contributed by atoms with Gasteiger partial charge in [-0.25, -0.2) is 9.18 Å². The van der Waals surface area contributed by atoms with Crippen molar-refractivity contribution in [2.24, 2.45) is 11.7 Å². The number of hydrogen-bond donors (Lipinski definition) is 2. The smallest absolute Gasteiger partial charge is 0.341 e. The molecule has 150 valence electrons. The molecule has 0 amide bonds. The number of aromatic carboxylic acids is 1. The van der Waals surface area contributed by atoms with Crippen LogP contribution in [-0.2, 0) is 0 Å². The monoisotopic (exact) mass is 389 g/mol. The van der Waals surface area contributed by atoms with Gasteiger partial charge in [-0.2, -0.15) is 0 Å². The molecule has 2 aromatic rings. The first kappa shape index (κ1) is 18.7. The van der Waals surface area contributed by atoms with Crippen molar-refractivity contribution in [3.05, 3.63) is 33.9 Å². The van der Waals surface area contributed by atoms with Gasteiger partial charge in [0.25, 0.3) is 5.56 Å². The van der Waals surface area contributed by atoms with E-state index in [0.29, 0.717) is 29.7 Å². The fourth-order valence-corrected chi connectivity index (χ4v) is 4.17. The summed E-state index contributed by atoms with van der Waals surface area (Å²) < 4.78 is 22.2. The van der Waals surface area contributed by atoms with Crippen molar-refractivity contribution in [3.63, 3.8) is 0 Å². The summed E-state index contributed by atoms with van der Waals surface area (Å²) in [6, 6.07) is 2.46. The van der Waals surface area contributed by atoms with Gasteiger partial charge in [-0.05, 0) is 44.2 Å². The van der Waals surface area contributed by atoms with Crippen LogP contribution in [0.3, 0.4) is 0 Å². The van der Waals surface area contributed by atoms with E-state index in [1.165, 1.54) is 23.8 Å². The highest BCUT2D eigenvalue weighted by molar-refractivity contribution is 5.97. The Morgan fingerprint density at radius 2 is 2.07 bits per heavy atom. The number of halogens is 1. The molecule has 3 N–H and O–H groups in total. The Kier molecular flexibility index (Phi) is 4.53. The van der Waals surface area contributed by atoms with E-state index in [1.54, 1.807) is 0 Å². The number of anilines is 1. The number of ether oxygens (including phenoxy) is 1. The van der Waals surface area contributed by atoms with Crippen LogP contribution in [0, 0.1) is 11.7 Å². The zero-order chi connectivity index (χ0) is 20.2. The first-order chi connectivity index (χ1) is 13.3. The highest BCUT2D eigenvalue weighted by atomic mass is 19.1. The van der Waals surface area contributed by atoms with E-state index in [9.17, 15) is 14.7 Å². The van der Waals surface area contributed by atoms with Gasteiger partial charge < -0.3 is 25.0 Å². The second-order valence-corrected chi connectivity index (χ2v) is 7.80. The maximum absolute atomic E-state index is 15.1. The standard InChI is InChI=1S/C20H24FN3O4/c1-10(22)11-5-6-23(9-11)17-15(21)8-12-7-14(20(26)27)19(25)24(13-3-4-13)16(12)18(17)28-2/h7-8,10-11,13H,3-6,9,22H2,1-2H3,(H,26,27)/t10-,11?/m0/s1. The van der Waals surface area contributed by atoms with Crippen LogP contribution in [0.25, 0.3) is 10.9 Å². The van der Waals surface area contributed by atoms with Crippen LogP contribution in [0.15, 0.2) is 16.9 Å². The summed E-state index contributed by atoms with van der Waals surface area (Å²) in [5.41, 5.74) is 5.86. The van der Waals surface area contributed by atoms with E-state index in [0.717, 1.165) is 19.3 Å². The second-order valence-electron chi connectivity index (χ2n) is 7.80. The fraction of sp³-hybridized carbons (Fsp3) is 0.500. The third kappa shape index (κ3) is 2.92. The number of fused-ring (bicyclic) bond motifs is 1. The van der Waals surface area contributed by atoms with Crippen LogP contribution in [0.1, 0.15) is 42.6 Å². The van der Waals surface area contributed by atoms with Gasteiger partial charge in [0.15, 0.2) is 11.6 Å². The van der Waals surface area contributed by atoms with Gasteiger partial charge in [0.1, 0.15) is 11.3 Å². The van der Waals surface area contributed by atoms with Gasteiger partial charge in [0.2, 0.25) is 0 Å². The average molecular weight is 389 g/mol. The molecule has 0 spiro atoms. The molecule has 2 heterocycles. The lowest BCUT2D eigenvalue weighted by Crippen LogP contribution is -2.30. The summed E-state index contributed by atoms with van der Waals surface area (Å²) in [5, 5.41) is 9.75. The van der Waals surface area contributed by atoms with Crippen molar-refractivity contribution < 1.29 is 19.0 Å². The minimum atomic E-state index is -1.32. The van der Waals surface area contributed by atoms with Crippen molar-refractivity contribution in [2.45, 2.75) is 38.3 Å². The Morgan fingerprint density at radius 1 is 1.36 bits per heavy atom. The number of hydrogen-bond acceptors (Lipinski definition) is 5. The Bertz CT molecular complexity index is 1010. The number of nitrogens with zero attached hydrogens (tertiary/aromatic N) is 2. The zero-order valence-electron chi connectivity index (χ0n) is 15.9. The van der Waals surface area contributed by atoms with Gasteiger partial charge in [-0.15, -0.1) is 0 Å². The Morgan fingerprint density at radius 3 is 2.61 bits per heavy atom. The molecule has 0 radical (unpaired) electrons. The van der Waals surface area contributed by atoms with Crippen LogP contribution in [-0.4, -0.2) is 41.9 Å². The number of carboxylic acid groups (broad SMARTS) is 1. The molecule has 0 bridgehead atoms. The van der Waals surface area contributed by atoms with Gasteiger partial charge >= 0.3 is 5.97 Å². The largest absolute Gasteiger partial charge is 0.492 e. The van der Waals surface area contributed by atoms with Gasteiger partial charge in [-0.1, -0.05) is 0 Å². The fourth-order valence-electron chi connectivity index (χ4n) is 4.17. The first-order valence-electron chi connectivity index (χ1n) is 9.53. The van der Waals surface area contributed by atoms with E-state index >= 15 is 4.39 Å². The molecule has 2 aliphatic rings. The van der Waals surface area contributed by atoms with Crippen LogP contribution < -0.4 is 20.9 Å². The summed E-state index contributed by atoms with van der Waals surface area (Å²) in [6.07, 6.45) is 2.42. The van der Waals surface area contributed by atoms with E-state index in [4.69, 9.17) is 10.5 Å². The van der Waals surface area contributed by atoms with Crippen LogP contribution in [0.2, 0.25) is 0 Å². The molecule has 2 atom stereocenters. The molecular formula is C20H24FN3O4. The Labute approximate surface area is 161 Å². The first-order valence-corrected chi connectivity index (χ1v) is 9.53. The average Bonchev–Trinajstić information content (AvgIpc) is 3.35. The lowest BCUT2D eigenvalue weighted by Gasteiger charge is -2.25. The molecular weight excluding hydrogens is 365 g/mol. The number of methoxy groups -OCH3 is 1. The Hall–Kier alpha value is -2.61. The molecule has 4 rings (SSSR count). The predicted octanol–water partition coefficient (Wildman–Crippen LogP) is 2.36. The van der Waals surface area contributed by atoms with Gasteiger partial charge in [0.05, 0.1) is 12.6 Å². The quantitative estimate of drug-likeness (QED) is 0.815. The number of benzene rings is 1. The molecule has 1 aliphatic carbocycles. The molecule has 1 saturated carbocycles. The number of rotatable bonds is 5. The number of pyridine rings is 1. The predicted molar refractivity (Wildman–Crippen MR) is 104 cm³/mol. The van der Waals surface area contributed by atoms with Crippen molar-refractivity contribution >= 4 is 22.6 Å². The van der Waals surface area contributed by atoms with Crippen molar-refractivity contribution in [3.8, 4) is 5.75 Å². The minimum absolute atomic E-state index is 0.00211. The topological polar surface area (TPSA) is 97.8 Å². The Balaban J connectivity index is 1.97. The van der Waals surface area contributed by atoms with E-state index < -0.39 is 17.3 Å². The highest BCUT2D eigenvalue weighted by Crippen LogP contribution is 2.44. The van der Waals surface area contributed by atoms with Crippen LogP contribution >= 0.6 is 0 Å². The van der Waals surface area contributed by atoms with Crippen molar-refractivity contribution in [2.75, 3.05) is 25.1 Å². The molecule has 1 aromatic heterocycles. The molecule has 1 saturated heterocycles. The minimum Gasteiger partial charge on any atom is -0.492 e. The molecule has 1 aliphatic heterocycles. The molecule has 7 nitrogen and oxygen atoms in total. The number of carboxylic acids is 1. The van der Waals surface area contributed by atoms with E-state index in [2.05, 4.69) is 0 Å². The lowest BCUT2D eigenvalue weighted by molar-refractivity contribution is 0.0694. The number of aromatic nitrogens is 1. The summed E-state index contributed by atoms with van der Waals surface area (Å²) in [5.74, 6) is -1.28. The summed E-state index contributed by atoms with van der Waals surface area (Å²) in [6.45, 7) is 3.20. The van der Waals surface area contributed by atoms with Gasteiger partial charge in [-0.3, -0.25) is 4.79 Å². The highest BCUT2D eigenvalue weighted by Gasteiger charge is 2.34. The maximum Gasteiger partial charge on any atom is 0.341 e. The van der Waals surface area contributed by atoms with Crippen LogP contribution in [0.4, 0.5) is 10.1 Å². The molecule has 28 heavy (non-hydrogen) atoms. The summed E-state index contributed by atoms with van der Waals surface area (Å²) in [7, 11) is 1.45. The molecule has 8 heteroatoms. The normalized spacial score (nSPS) is 20.6. The number of nitrogens with two attached hydrogens (primary N) is 1. The van der Waals surface area contributed by atoms with Gasteiger partial charge in [0, 0.05) is 30.6 Å². The van der Waals surface area contributed by atoms with E-state index in [-0.39, 0.29) is 29.3 Å². The SMILES string of the molecule is COc1c(N2CCC([C@H](C)N)C2)c(F)cc2cc(C(=O)O)c(=O)n(C3CC3)c12. The zero-order valence-corrected chi connectivity index (χ0v) is 15.9. The molecule has 1 aromatic carbocycles. The van der Waals surface area contributed by atoms with Crippen LogP contribution in [0.5, 0.6) is 5.75 Å². The second kappa shape index (κ2) is 6.77. The third-order valence-electron chi connectivity index (χ3n) is 5.83. The van der Waals surface area contributed by atoms with E-state index in [1.807, 2.05) is 11.8 Å². The molecule has 2 fully saturated rings. The molecule has 1 unspecified atom stereocenters. The maximum atomic E-state index is 15.1. The number of carbonyl (C=O) groups is 1. The van der Waals surface area contributed by atoms with Crippen molar-refractivity contribution in [1.29, 1.82) is 0 Å². The summed E-state index contributed by atoms with van der Waals surface area (Å²) >= 11 is 0. The third-order valence-corrected chi connectivity index (χ3v) is 5.83. The lowest BCUT2D eigenvalue weighted by atomic mass is 10.0. The van der Waals surface area contributed by atoms with Crippen molar-refractivity contribution in [1.82, 2.24) is 4.57 Å². The summed E-state index contributed by atoms with van der Waals surface area (Å²) in [4.78, 5) is 26.3.